The molecule has 0 radical (unpaired) electrons. The van der Waals surface area contributed by atoms with Crippen LogP contribution in [0.2, 0.25) is 0 Å². The summed E-state index contributed by atoms with van der Waals surface area (Å²) in [6.07, 6.45) is 0. The quantitative estimate of drug-likeness (QED) is 0.181. The molecule has 1 aromatic heterocycles. The summed E-state index contributed by atoms with van der Waals surface area (Å²) in [7, 11) is 0. The van der Waals surface area contributed by atoms with Crippen LogP contribution in [0, 0.1) is 0 Å². The third kappa shape index (κ3) is 4.14. The van der Waals surface area contributed by atoms with Crippen molar-refractivity contribution in [3.63, 3.8) is 0 Å². The molecule has 7 aromatic carbocycles. The van der Waals surface area contributed by atoms with Crippen LogP contribution in [0.3, 0.4) is 0 Å². The second-order valence-corrected chi connectivity index (χ2v) is 15.0. The number of anilines is 3. The molecule has 2 aliphatic heterocycles. The lowest BCUT2D eigenvalue weighted by molar-refractivity contribution is 0.632. The minimum atomic E-state index is -0.0930. The third-order valence-electron chi connectivity index (χ3n) is 11.1. The highest BCUT2D eigenvalue weighted by atomic mass is 32.1. The van der Waals surface area contributed by atoms with Crippen molar-refractivity contribution in [2.24, 2.45) is 0 Å². The van der Waals surface area contributed by atoms with Gasteiger partial charge in [-0.3, -0.25) is 0 Å². The molecule has 2 aliphatic rings. The topological polar surface area (TPSA) is 3.24 Å². The van der Waals surface area contributed by atoms with Crippen molar-refractivity contribution in [2.45, 2.75) is 19.3 Å². The Morgan fingerprint density at radius 3 is 1.47 bits per heavy atom. The number of benzene rings is 7. The normalized spacial score (nSPS) is 14.4. The van der Waals surface area contributed by atoms with Crippen molar-refractivity contribution in [2.75, 3.05) is 4.90 Å². The summed E-state index contributed by atoms with van der Waals surface area (Å²) in [5, 5.41) is 2.65. The van der Waals surface area contributed by atoms with Gasteiger partial charge in [0.15, 0.2) is 0 Å². The summed E-state index contributed by atoms with van der Waals surface area (Å²) in [6.45, 7) is 5.07. The minimum absolute atomic E-state index is 0.0930. The van der Waals surface area contributed by atoms with E-state index in [0.29, 0.717) is 0 Å². The van der Waals surface area contributed by atoms with Crippen molar-refractivity contribution in [1.82, 2.24) is 0 Å². The number of nitrogens with zero attached hydrogens (tertiary/aromatic N) is 1. The van der Waals surface area contributed by atoms with Gasteiger partial charge in [-0.15, -0.1) is 11.3 Å². The Kier molecular flexibility index (Phi) is 6.35. The molecule has 0 saturated carbocycles. The molecule has 3 heterocycles. The molecule has 10 rings (SSSR count). The molecule has 0 unspecified atom stereocenters. The predicted molar refractivity (Wildman–Crippen MR) is 215 cm³/mol. The molecule has 4 heteroatoms. The van der Waals surface area contributed by atoms with E-state index < -0.39 is 0 Å². The number of thiophene rings is 1. The third-order valence-corrected chi connectivity index (χ3v) is 12.4. The first-order valence-corrected chi connectivity index (χ1v) is 18.1. The molecule has 0 fully saturated rings. The fourth-order valence-electron chi connectivity index (χ4n) is 8.91. The van der Waals surface area contributed by atoms with Crippen LogP contribution in [-0.4, -0.2) is 13.4 Å². The van der Waals surface area contributed by atoms with Gasteiger partial charge < -0.3 is 4.90 Å². The highest BCUT2D eigenvalue weighted by Crippen LogP contribution is 2.53. The van der Waals surface area contributed by atoms with Gasteiger partial charge in [-0.1, -0.05) is 192 Å². The van der Waals surface area contributed by atoms with Gasteiger partial charge in [0.2, 0.25) is 13.4 Å². The maximum atomic E-state index is 2.52. The van der Waals surface area contributed by atoms with Gasteiger partial charge in [0.25, 0.3) is 0 Å². The van der Waals surface area contributed by atoms with Gasteiger partial charge >= 0.3 is 0 Å². The molecule has 230 valence electrons. The smallest absolute Gasteiger partial charge is 0.241 e. The van der Waals surface area contributed by atoms with E-state index in [1.54, 1.807) is 0 Å². The van der Waals surface area contributed by atoms with Gasteiger partial charge in [-0.2, -0.15) is 0 Å². The lowest BCUT2D eigenvalue weighted by Crippen LogP contribution is -2.74. The second kappa shape index (κ2) is 10.9. The zero-order valence-corrected chi connectivity index (χ0v) is 28.4. The Labute approximate surface area is 292 Å². The fraction of sp³-hybridized carbons (Fsp3) is 0.0667. The monoisotopic (exact) mass is 641 g/mol. The zero-order chi connectivity index (χ0) is 32.7. The van der Waals surface area contributed by atoms with Gasteiger partial charge in [0.1, 0.15) is 0 Å². The van der Waals surface area contributed by atoms with E-state index in [2.05, 4.69) is 183 Å². The Bertz CT molecular complexity index is 2470. The molecule has 0 saturated heterocycles. The summed E-state index contributed by atoms with van der Waals surface area (Å²) >= 11 is 1.96. The number of para-hydroxylation sites is 2. The maximum Gasteiger partial charge on any atom is 0.241 e. The van der Waals surface area contributed by atoms with Crippen LogP contribution >= 0.6 is 11.3 Å². The first-order chi connectivity index (χ1) is 24.1. The summed E-state index contributed by atoms with van der Waals surface area (Å²) in [4.78, 5) is 2.52. The molecule has 0 amide bonds. The van der Waals surface area contributed by atoms with E-state index in [1.165, 1.54) is 81.1 Å². The van der Waals surface area contributed by atoms with E-state index in [-0.39, 0.29) is 18.8 Å². The molecule has 0 N–H and O–H groups in total. The van der Waals surface area contributed by atoms with Crippen molar-refractivity contribution >= 4 is 94.8 Å². The van der Waals surface area contributed by atoms with Crippen molar-refractivity contribution in [3.05, 3.63) is 175 Å². The van der Waals surface area contributed by atoms with Crippen LogP contribution in [0.15, 0.2) is 164 Å². The van der Waals surface area contributed by atoms with E-state index >= 15 is 0 Å². The predicted octanol–water partition coefficient (Wildman–Crippen LogP) is 7.51. The summed E-state index contributed by atoms with van der Waals surface area (Å²) in [5.41, 5.74) is 14.7. The fourth-order valence-corrected chi connectivity index (χ4v) is 10.3. The first kappa shape index (κ1) is 28.7. The SMILES string of the molecule is CC1(C)c2ccccc2N(c2cccc3c2sc2c(B4c5ccccc5B(c5ccccc5)c5ccccc54)cccc23)c2ccccc21. The molecule has 0 bridgehead atoms. The Morgan fingerprint density at radius 1 is 0.408 bits per heavy atom. The van der Waals surface area contributed by atoms with Crippen LogP contribution in [0.25, 0.3) is 20.2 Å². The first-order valence-electron chi connectivity index (χ1n) is 17.3. The molecule has 49 heavy (non-hydrogen) atoms. The van der Waals surface area contributed by atoms with E-state index in [1.807, 2.05) is 11.3 Å². The highest BCUT2D eigenvalue weighted by molar-refractivity contribution is 7.28. The highest BCUT2D eigenvalue weighted by Gasteiger charge is 2.40. The largest absolute Gasteiger partial charge is 0.308 e. The zero-order valence-electron chi connectivity index (χ0n) is 27.6. The summed E-state index contributed by atoms with van der Waals surface area (Å²) in [5.74, 6) is 0. The lowest BCUT2D eigenvalue weighted by Gasteiger charge is -2.42. The van der Waals surface area contributed by atoms with Crippen LogP contribution in [0.5, 0.6) is 0 Å². The molecular weight excluding hydrogens is 608 g/mol. The molecule has 1 nitrogen and oxygen atoms in total. The van der Waals surface area contributed by atoms with E-state index in [9.17, 15) is 0 Å². The Hall–Kier alpha value is -5.31. The van der Waals surface area contributed by atoms with Gasteiger partial charge in [0, 0.05) is 15.5 Å². The van der Waals surface area contributed by atoms with Crippen LogP contribution in [-0.2, 0) is 5.41 Å². The van der Waals surface area contributed by atoms with Crippen LogP contribution in [0.1, 0.15) is 25.0 Å². The molecule has 0 spiro atoms. The van der Waals surface area contributed by atoms with Crippen LogP contribution < -0.4 is 37.7 Å². The van der Waals surface area contributed by atoms with Crippen molar-refractivity contribution in [3.8, 4) is 0 Å². The van der Waals surface area contributed by atoms with Gasteiger partial charge in [-0.05, 0) is 34.7 Å². The number of fused-ring (bicyclic) bond motifs is 7. The second-order valence-electron chi connectivity index (χ2n) is 14.0. The van der Waals surface area contributed by atoms with E-state index in [0.717, 1.165) is 0 Å². The molecule has 8 aromatic rings. The number of rotatable bonds is 3. The molecular formula is C45H33B2NS. The summed E-state index contributed by atoms with van der Waals surface area (Å²) in [6, 6.07) is 61.1. The summed E-state index contributed by atoms with van der Waals surface area (Å²) < 4.78 is 2.70. The maximum absolute atomic E-state index is 2.52. The van der Waals surface area contributed by atoms with Crippen molar-refractivity contribution < 1.29 is 0 Å². The minimum Gasteiger partial charge on any atom is -0.308 e. The average Bonchev–Trinajstić information content (AvgIpc) is 3.54. The lowest BCUT2D eigenvalue weighted by atomic mass is 9.21. The van der Waals surface area contributed by atoms with Crippen molar-refractivity contribution in [1.29, 1.82) is 0 Å². The van der Waals surface area contributed by atoms with E-state index in [4.69, 9.17) is 0 Å². The Balaban J connectivity index is 1.22. The van der Waals surface area contributed by atoms with Gasteiger partial charge in [-0.25, -0.2) is 0 Å². The molecule has 0 atom stereocenters. The standard InChI is InChI=1S/C45H33B2NS/c1-45(2)33-20-6-12-27-40(33)48(41-28-13-7-21-34(41)45)42-29-15-19-32-31-18-14-26-39(43(31)49-44(32)42)47-37-24-10-8-22-35(37)46(30-16-4-3-5-17-30)36-23-9-11-25-38(36)47/h3-29H,1-2H3. The Morgan fingerprint density at radius 2 is 0.857 bits per heavy atom. The average molecular weight is 641 g/mol. The van der Waals surface area contributed by atoms with Crippen LogP contribution in [0.4, 0.5) is 17.1 Å². The number of hydrogen-bond acceptors (Lipinski definition) is 2. The number of hydrogen-bond donors (Lipinski definition) is 0. The molecule has 0 aliphatic carbocycles. The van der Waals surface area contributed by atoms with Gasteiger partial charge in [0.05, 0.1) is 21.8 Å².